The number of aryl methyl sites for hydroxylation is 1. The second-order valence-corrected chi connectivity index (χ2v) is 12.6. The molecule has 3 rings (SSSR count). The molecule has 13 heteroatoms. The summed E-state index contributed by atoms with van der Waals surface area (Å²) in [5.74, 6) is -0.670. The molecule has 0 bridgehead atoms. The molecule has 0 radical (unpaired) electrons. The van der Waals surface area contributed by atoms with Crippen molar-refractivity contribution in [2.75, 3.05) is 24.1 Å². The second-order valence-electron chi connectivity index (χ2n) is 7.60. The van der Waals surface area contributed by atoms with Crippen LogP contribution < -0.4 is 10.0 Å². The van der Waals surface area contributed by atoms with Gasteiger partial charge in [0.25, 0.3) is 15.9 Å². The number of anilines is 2. The quantitative estimate of drug-likeness (QED) is 0.398. The number of carbonyl (C=O) groups excluding carboxylic acids is 1. The van der Waals surface area contributed by atoms with Gasteiger partial charge in [-0.15, -0.1) is 0 Å². The van der Waals surface area contributed by atoms with Crippen molar-refractivity contribution < 1.29 is 21.6 Å². The molecule has 0 aliphatic heterocycles. The molecular formula is C22H20Cl3N3O5S2. The molecule has 0 aliphatic rings. The maximum absolute atomic E-state index is 13.0. The fourth-order valence-corrected chi connectivity index (χ4v) is 6.12. The molecule has 2 N–H and O–H groups in total. The Labute approximate surface area is 218 Å². The van der Waals surface area contributed by atoms with Crippen LogP contribution in [-0.2, 0) is 20.0 Å². The molecule has 186 valence electrons. The van der Waals surface area contributed by atoms with E-state index in [4.69, 9.17) is 34.8 Å². The monoisotopic (exact) mass is 575 g/mol. The first kappa shape index (κ1) is 27.3. The van der Waals surface area contributed by atoms with E-state index < -0.39 is 26.0 Å². The molecule has 35 heavy (non-hydrogen) atoms. The van der Waals surface area contributed by atoms with Crippen molar-refractivity contribution in [3.8, 4) is 0 Å². The van der Waals surface area contributed by atoms with Gasteiger partial charge in [-0.25, -0.2) is 21.1 Å². The van der Waals surface area contributed by atoms with Crippen molar-refractivity contribution in [2.45, 2.75) is 16.7 Å². The van der Waals surface area contributed by atoms with E-state index in [9.17, 15) is 21.6 Å². The average molecular weight is 577 g/mol. The molecule has 0 aliphatic carbocycles. The Hall–Kier alpha value is -2.34. The molecule has 3 aromatic carbocycles. The SMILES string of the molecule is Cc1ccc(NC(=O)c2ccc(Cl)c(S(=O)(=O)Nc3cc(Cl)ccc3Cl)c2)cc1S(=O)(=O)N(C)C. The lowest BCUT2D eigenvalue weighted by molar-refractivity contribution is 0.102. The summed E-state index contributed by atoms with van der Waals surface area (Å²) in [6.07, 6.45) is 0. The van der Waals surface area contributed by atoms with Crippen molar-refractivity contribution in [3.63, 3.8) is 0 Å². The lowest BCUT2D eigenvalue weighted by Crippen LogP contribution is -2.23. The van der Waals surface area contributed by atoms with E-state index in [1.165, 1.54) is 56.6 Å². The minimum atomic E-state index is -4.24. The fourth-order valence-electron chi connectivity index (χ4n) is 2.98. The molecule has 3 aromatic rings. The molecule has 1 amide bonds. The second kappa shape index (κ2) is 10.3. The van der Waals surface area contributed by atoms with Crippen LogP contribution >= 0.6 is 34.8 Å². The third-order valence-electron chi connectivity index (χ3n) is 4.86. The maximum atomic E-state index is 13.0. The third-order valence-corrected chi connectivity index (χ3v) is 9.23. The van der Waals surface area contributed by atoms with Gasteiger partial charge < -0.3 is 5.32 Å². The summed E-state index contributed by atoms with van der Waals surface area (Å²) in [6, 6.07) is 12.4. The molecule has 0 saturated carbocycles. The number of nitrogens with zero attached hydrogens (tertiary/aromatic N) is 1. The topological polar surface area (TPSA) is 113 Å². The average Bonchev–Trinajstić information content (AvgIpc) is 2.77. The lowest BCUT2D eigenvalue weighted by atomic mass is 10.2. The number of benzene rings is 3. The van der Waals surface area contributed by atoms with Crippen molar-refractivity contribution >= 4 is 72.1 Å². The number of sulfonamides is 2. The first-order chi connectivity index (χ1) is 16.2. The van der Waals surface area contributed by atoms with Crippen LogP contribution in [0.3, 0.4) is 0 Å². The molecular weight excluding hydrogens is 557 g/mol. The Bertz CT molecular complexity index is 1530. The largest absolute Gasteiger partial charge is 0.322 e. The molecule has 0 aromatic heterocycles. The van der Waals surface area contributed by atoms with Gasteiger partial charge in [-0.05, 0) is 61.0 Å². The Balaban J connectivity index is 1.93. The minimum Gasteiger partial charge on any atom is -0.322 e. The number of amides is 1. The van der Waals surface area contributed by atoms with Crippen LogP contribution in [-0.4, -0.2) is 41.1 Å². The number of nitrogens with one attached hydrogen (secondary N) is 2. The van der Waals surface area contributed by atoms with Crippen molar-refractivity contribution in [2.24, 2.45) is 0 Å². The zero-order valence-corrected chi connectivity index (χ0v) is 22.5. The fraction of sp³-hybridized carbons (Fsp3) is 0.136. The van der Waals surface area contributed by atoms with Crippen molar-refractivity contribution in [3.05, 3.63) is 80.8 Å². The highest BCUT2D eigenvalue weighted by Crippen LogP contribution is 2.30. The van der Waals surface area contributed by atoms with Crippen LogP contribution in [0.5, 0.6) is 0 Å². The summed E-state index contributed by atoms with van der Waals surface area (Å²) in [7, 11) is -5.18. The number of rotatable bonds is 7. The Morgan fingerprint density at radius 3 is 2.14 bits per heavy atom. The zero-order valence-electron chi connectivity index (χ0n) is 18.6. The summed E-state index contributed by atoms with van der Waals surface area (Å²) < 4.78 is 54.4. The molecule has 0 atom stereocenters. The predicted molar refractivity (Wildman–Crippen MR) is 139 cm³/mol. The molecule has 0 spiro atoms. The van der Waals surface area contributed by atoms with Gasteiger partial charge in [-0.3, -0.25) is 9.52 Å². The standard InChI is InChI=1S/C22H20Cl3N3O5S2/c1-13-4-7-16(12-20(13)35(32,33)28(2)3)26-22(29)14-5-8-18(25)21(10-14)34(30,31)27-19-11-15(23)6-9-17(19)24/h4-12,27H,1-3H3,(H,26,29). The van der Waals surface area contributed by atoms with E-state index in [0.717, 1.165) is 10.4 Å². The predicted octanol–water partition coefficient (Wildman–Crippen LogP) is 5.26. The van der Waals surface area contributed by atoms with Crippen molar-refractivity contribution in [1.82, 2.24) is 4.31 Å². The van der Waals surface area contributed by atoms with E-state index in [1.54, 1.807) is 13.0 Å². The summed E-state index contributed by atoms with van der Waals surface area (Å²) in [4.78, 5) is 12.5. The van der Waals surface area contributed by atoms with Gasteiger partial charge in [0.1, 0.15) is 4.90 Å². The summed E-state index contributed by atoms with van der Waals surface area (Å²) in [5.41, 5.74) is 0.732. The molecule has 0 saturated heterocycles. The highest BCUT2D eigenvalue weighted by Gasteiger charge is 2.23. The number of carbonyl (C=O) groups is 1. The van der Waals surface area contributed by atoms with Gasteiger partial charge >= 0.3 is 0 Å². The van der Waals surface area contributed by atoms with E-state index in [-0.39, 0.29) is 41.8 Å². The smallest absolute Gasteiger partial charge is 0.263 e. The maximum Gasteiger partial charge on any atom is 0.263 e. The highest BCUT2D eigenvalue weighted by molar-refractivity contribution is 7.92. The Morgan fingerprint density at radius 2 is 1.49 bits per heavy atom. The highest BCUT2D eigenvalue weighted by atomic mass is 35.5. The summed E-state index contributed by atoms with van der Waals surface area (Å²) >= 11 is 18.1. The van der Waals surface area contributed by atoms with Gasteiger partial charge in [-0.2, -0.15) is 0 Å². The van der Waals surface area contributed by atoms with Gasteiger partial charge in [0.2, 0.25) is 10.0 Å². The number of halogens is 3. The van der Waals surface area contributed by atoms with Gasteiger partial charge in [0, 0.05) is 30.4 Å². The van der Waals surface area contributed by atoms with E-state index >= 15 is 0 Å². The Kier molecular flexibility index (Phi) is 8.05. The molecule has 0 fully saturated rings. The number of hydrogen-bond donors (Lipinski definition) is 2. The summed E-state index contributed by atoms with van der Waals surface area (Å²) in [6.45, 7) is 1.64. The van der Waals surface area contributed by atoms with Crippen LogP contribution in [0.1, 0.15) is 15.9 Å². The summed E-state index contributed by atoms with van der Waals surface area (Å²) in [5, 5.41) is 2.84. The lowest BCUT2D eigenvalue weighted by Gasteiger charge is -2.15. The van der Waals surface area contributed by atoms with E-state index in [0.29, 0.717) is 5.56 Å². The van der Waals surface area contributed by atoms with Gasteiger partial charge in [-0.1, -0.05) is 40.9 Å². The minimum absolute atomic E-state index is 0.0236. The normalized spacial score (nSPS) is 12.0. The molecule has 8 nitrogen and oxygen atoms in total. The molecule has 0 heterocycles. The van der Waals surface area contributed by atoms with Gasteiger partial charge in [0.15, 0.2) is 0 Å². The van der Waals surface area contributed by atoms with Crippen LogP contribution in [0, 0.1) is 6.92 Å². The van der Waals surface area contributed by atoms with E-state index in [1.807, 2.05) is 0 Å². The van der Waals surface area contributed by atoms with Gasteiger partial charge in [0.05, 0.1) is 20.6 Å². The first-order valence-corrected chi connectivity index (χ1v) is 13.9. The van der Waals surface area contributed by atoms with Crippen LogP contribution in [0.15, 0.2) is 64.4 Å². The van der Waals surface area contributed by atoms with Crippen LogP contribution in [0.2, 0.25) is 15.1 Å². The Morgan fingerprint density at radius 1 is 0.829 bits per heavy atom. The van der Waals surface area contributed by atoms with Crippen molar-refractivity contribution in [1.29, 1.82) is 0 Å². The van der Waals surface area contributed by atoms with Crippen LogP contribution in [0.25, 0.3) is 0 Å². The van der Waals surface area contributed by atoms with Crippen LogP contribution in [0.4, 0.5) is 11.4 Å². The zero-order chi connectivity index (χ0) is 26.1. The first-order valence-electron chi connectivity index (χ1n) is 9.84. The van der Waals surface area contributed by atoms with E-state index in [2.05, 4.69) is 10.0 Å². The molecule has 0 unspecified atom stereocenters. The third kappa shape index (κ3) is 6.08. The number of hydrogen-bond acceptors (Lipinski definition) is 5.